The van der Waals surface area contributed by atoms with Crippen LogP contribution >= 0.6 is 0 Å². The van der Waals surface area contributed by atoms with Gasteiger partial charge in [-0.2, -0.15) is 0 Å². The zero-order valence-electron chi connectivity index (χ0n) is 11.6. The molecular weight excluding hydrogens is 228 g/mol. The quantitative estimate of drug-likeness (QED) is 0.531. The molecule has 0 saturated heterocycles. The molecule has 0 aliphatic heterocycles. The molecule has 102 valence electrons. The summed E-state index contributed by atoms with van der Waals surface area (Å²) in [6.45, 7) is 7.59. The van der Waals surface area contributed by atoms with Gasteiger partial charge in [-0.25, -0.2) is 0 Å². The largest absolute Gasteiger partial charge is 0.392 e. The third kappa shape index (κ3) is 2.91. The Hall–Kier alpha value is -0.900. The second-order valence-electron chi connectivity index (χ2n) is 5.74. The van der Waals surface area contributed by atoms with E-state index >= 15 is 0 Å². The van der Waals surface area contributed by atoms with Gasteiger partial charge in [0.15, 0.2) is 0 Å². The van der Waals surface area contributed by atoms with E-state index in [1.54, 1.807) is 18.2 Å². The summed E-state index contributed by atoms with van der Waals surface area (Å²) < 4.78 is 0. The number of aliphatic hydroxyl groups is 3. The van der Waals surface area contributed by atoms with Crippen molar-refractivity contribution in [2.45, 2.75) is 45.8 Å². The highest BCUT2D eigenvalue weighted by atomic mass is 16.3. The average Bonchev–Trinajstić information content (AvgIpc) is 2.23. The minimum atomic E-state index is -1.06. The van der Waals surface area contributed by atoms with Crippen LogP contribution in [0.4, 0.5) is 0 Å². The standard InChI is InChI=1S/C15H24O3/c1-11(6-8-16)5-7-15(18)12(2)9-13(17)10-14(15,3)4/h5-7,9,13,16-18H,8,10H2,1-4H3/b7-5+,11-6-. The average molecular weight is 252 g/mol. The monoisotopic (exact) mass is 252 g/mol. The topological polar surface area (TPSA) is 60.7 Å². The molecule has 2 atom stereocenters. The molecule has 1 aliphatic rings. The summed E-state index contributed by atoms with van der Waals surface area (Å²) >= 11 is 0. The first kappa shape index (κ1) is 15.2. The zero-order chi connectivity index (χ0) is 14.0. The smallest absolute Gasteiger partial charge is 0.109 e. The summed E-state index contributed by atoms with van der Waals surface area (Å²) in [6, 6.07) is 0. The molecule has 3 nitrogen and oxygen atoms in total. The molecule has 2 unspecified atom stereocenters. The van der Waals surface area contributed by atoms with Gasteiger partial charge in [-0.1, -0.05) is 37.6 Å². The number of allylic oxidation sites excluding steroid dienone is 2. The lowest BCUT2D eigenvalue weighted by Crippen LogP contribution is -2.48. The van der Waals surface area contributed by atoms with Crippen LogP contribution in [0.15, 0.2) is 35.5 Å². The van der Waals surface area contributed by atoms with Crippen molar-refractivity contribution in [3.63, 3.8) is 0 Å². The van der Waals surface area contributed by atoms with E-state index in [0.717, 1.165) is 11.1 Å². The van der Waals surface area contributed by atoms with Crippen molar-refractivity contribution >= 4 is 0 Å². The number of aliphatic hydroxyl groups excluding tert-OH is 2. The molecule has 0 spiro atoms. The molecule has 3 heteroatoms. The molecule has 0 fully saturated rings. The summed E-state index contributed by atoms with van der Waals surface area (Å²) in [5, 5.41) is 29.4. The van der Waals surface area contributed by atoms with Crippen molar-refractivity contribution in [1.82, 2.24) is 0 Å². The Morgan fingerprint density at radius 3 is 2.61 bits per heavy atom. The molecule has 1 rings (SSSR count). The van der Waals surface area contributed by atoms with Gasteiger partial charge in [0, 0.05) is 5.41 Å². The molecule has 1 aliphatic carbocycles. The summed E-state index contributed by atoms with van der Waals surface area (Å²) in [5.41, 5.74) is 0.179. The van der Waals surface area contributed by atoms with E-state index in [9.17, 15) is 10.2 Å². The molecule has 0 saturated carbocycles. The van der Waals surface area contributed by atoms with Crippen LogP contribution in [0.3, 0.4) is 0 Å². The van der Waals surface area contributed by atoms with Crippen molar-refractivity contribution in [1.29, 1.82) is 0 Å². The Morgan fingerprint density at radius 1 is 1.50 bits per heavy atom. The van der Waals surface area contributed by atoms with Crippen LogP contribution < -0.4 is 0 Å². The highest BCUT2D eigenvalue weighted by molar-refractivity contribution is 5.34. The van der Waals surface area contributed by atoms with E-state index in [2.05, 4.69) is 0 Å². The SMILES string of the molecule is CC1=CC(O)CC(C)(C)C1(O)/C=C/C(C)=C\CO. The van der Waals surface area contributed by atoms with Crippen LogP contribution in [-0.2, 0) is 0 Å². The van der Waals surface area contributed by atoms with E-state index in [-0.39, 0.29) is 6.61 Å². The number of hydrogen-bond acceptors (Lipinski definition) is 3. The summed E-state index contributed by atoms with van der Waals surface area (Å²) in [4.78, 5) is 0. The molecule has 0 amide bonds. The molecule has 0 heterocycles. The predicted octanol–water partition coefficient (Wildman–Crippen LogP) is 1.95. The van der Waals surface area contributed by atoms with Crippen LogP contribution in [0, 0.1) is 5.41 Å². The van der Waals surface area contributed by atoms with Crippen LogP contribution in [0.25, 0.3) is 0 Å². The van der Waals surface area contributed by atoms with Gasteiger partial charge in [0.25, 0.3) is 0 Å². The van der Waals surface area contributed by atoms with Crippen LogP contribution in [0.1, 0.15) is 34.1 Å². The maximum absolute atomic E-state index is 10.8. The van der Waals surface area contributed by atoms with Crippen molar-refractivity contribution in [2.75, 3.05) is 6.61 Å². The Kier molecular flexibility index (Phi) is 4.54. The molecule has 18 heavy (non-hydrogen) atoms. The van der Waals surface area contributed by atoms with Gasteiger partial charge in [-0.15, -0.1) is 0 Å². The van der Waals surface area contributed by atoms with Gasteiger partial charge < -0.3 is 15.3 Å². The molecule has 0 aromatic carbocycles. The number of rotatable bonds is 3. The normalized spacial score (nSPS) is 32.7. The van der Waals surface area contributed by atoms with Gasteiger partial charge >= 0.3 is 0 Å². The molecule has 0 bridgehead atoms. The minimum absolute atomic E-state index is 0.00840. The van der Waals surface area contributed by atoms with Crippen molar-refractivity contribution in [3.05, 3.63) is 35.5 Å². The molecule has 0 aromatic heterocycles. The lowest BCUT2D eigenvalue weighted by atomic mass is 9.64. The first-order chi connectivity index (χ1) is 8.23. The Balaban J connectivity index is 3.09. The predicted molar refractivity (Wildman–Crippen MR) is 73.1 cm³/mol. The lowest BCUT2D eigenvalue weighted by molar-refractivity contribution is -0.0292. The third-order valence-corrected chi connectivity index (χ3v) is 3.80. The fourth-order valence-corrected chi connectivity index (χ4v) is 2.51. The zero-order valence-corrected chi connectivity index (χ0v) is 11.6. The van der Waals surface area contributed by atoms with Crippen molar-refractivity contribution < 1.29 is 15.3 Å². The van der Waals surface area contributed by atoms with Crippen LogP contribution in [0.2, 0.25) is 0 Å². The van der Waals surface area contributed by atoms with E-state index in [1.165, 1.54) is 0 Å². The summed E-state index contributed by atoms with van der Waals surface area (Å²) in [6.07, 6.45) is 6.99. The number of hydrogen-bond donors (Lipinski definition) is 3. The Labute approximate surface area is 109 Å². The van der Waals surface area contributed by atoms with Crippen LogP contribution in [-0.4, -0.2) is 33.6 Å². The summed E-state index contributed by atoms with van der Waals surface area (Å²) in [7, 11) is 0. The van der Waals surface area contributed by atoms with Gasteiger partial charge in [0.1, 0.15) is 5.60 Å². The van der Waals surface area contributed by atoms with E-state index in [4.69, 9.17) is 5.11 Å². The molecule has 0 aromatic rings. The van der Waals surface area contributed by atoms with Gasteiger partial charge in [-0.3, -0.25) is 0 Å². The highest BCUT2D eigenvalue weighted by Crippen LogP contribution is 2.45. The third-order valence-electron chi connectivity index (χ3n) is 3.80. The first-order valence-corrected chi connectivity index (χ1v) is 6.29. The fraction of sp³-hybridized carbons (Fsp3) is 0.600. The van der Waals surface area contributed by atoms with Crippen molar-refractivity contribution in [3.8, 4) is 0 Å². The fourth-order valence-electron chi connectivity index (χ4n) is 2.51. The minimum Gasteiger partial charge on any atom is -0.392 e. The van der Waals surface area contributed by atoms with E-state index in [1.807, 2.05) is 33.8 Å². The van der Waals surface area contributed by atoms with Crippen molar-refractivity contribution in [2.24, 2.45) is 5.41 Å². The Morgan fingerprint density at radius 2 is 2.11 bits per heavy atom. The highest BCUT2D eigenvalue weighted by Gasteiger charge is 2.46. The van der Waals surface area contributed by atoms with Gasteiger partial charge in [0.05, 0.1) is 12.7 Å². The second-order valence-corrected chi connectivity index (χ2v) is 5.74. The van der Waals surface area contributed by atoms with E-state index in [0.29, 0.717) is 6.42 Å². The summed E-state index contributed by atoms with van der Waals surface area (Å²) in [5.74, 6) is 0. The molecule has 0 radical (unpaired) electrons. The van der Waals surface area contributed by atoms with Gasteiger partial charge in [-0.05, 0) is 31.9 Å². The second kappa shape index (κ2) is 5.39. The van der Waals surface area contributed by atoms with E-state index < -0.39 is 17.1 Å². The Bertz CT molecular complexity index is 391. The first-order valence-electron chi connectivity index (χ1n) is 6.29. The maximum Gasteiger partial charge on any atom is 0.109 e. The van der Waals surface area contributed by atoms with Gasteiger partial charge in [0.2, 0.25) is 0 Å². The van der Waals surface area contributed by atoms with Crippen LogP contribution in [0.5, 0.6) is 0 Å². The molecule has 3 N–H and O–H groups in total. The maximum atomic E-state index is 10.8. The lowest BCUT2D eigenvalue weighted by Gasteiger charge is -2.46. The molecular formula is C15H24O3.